The largest absolute Gasteiger partial charge is 0.465 e. The number of piperidine rings is 2. The standard InChI is InChI=1S/C30H36Cl2N4O3/c1-2-39-29(37)28(35-15-11-21(12-16-35)24-19-33-27-6-4-3-5-23(24)27)17-20-9-13-36(14-10-20)30(38)34-22-7-8-25(31)26(32)18-22/h3-8,18-21,28,33H,2,9-17H2,1H3,(H,34,38). The summed E-state index contributed by atoms with van der Waals surface area (Å²) in [6, 6.07) is 13.1. The first-order valence-electron chi connectivity index (χ1n) is 13.9. The van der Waals surface area contributed by atoms with Crippen LogP contribution in [0.25, 0.3) is 10.9 Å². The summed E-state index contributed by atoms with van der Waals surface area (Å²) in [6.07, 6.45) is 6.67. The maximum atomic E-state index is 13.1. The first-order valence-corrected chi connectivity index (χ1v) is 14.7. The summed E-state index contributed by atoms with van der Waals surface area (Å²) in [5.41, 5.74) is 3.18. The van der Waals surface area contributed by atoms with Crippen molar-refractivity contribution in [3.63, 3.8) is 0 Å². The molecule has 2 N–H and O–H groups in total. The number of benzene rings is 2. The summed E-state index contributed by atoms with van der Waals surface area (Å²) in [6.45, 7) is 5.29. The number of carbonyl (C=O) groups is 2. The lowest BCUT2D eigenvalue weighted by Crippen LogP contribution is -2.48. The van der Waals surface area contributed by atoms with Gasteiger partial charge in [0.1, 0.15) is 6.04 Å². The van der Waals surface area contributed by atoms with E-state index < -0.39 is 0 Å². The van der Waals surface area contributed by atoms with Crippen LogP contribution in [0.4, 0.5) is 10.5 Å². The van der Waals surface area contributed by atoms with Crippen LogP contribution < -0.4 is 5.32 Å². The Labute approximate surface area is 239 Å². The fourth-order valence-corrected chi connectivity index (χ4v) is 6.35. The maximum Gasteiger partial charge on any atom is 0.323 e. The van der Waals surface area contributed by atoms with E-state index in [2.05, 4.69) is 45.7 Å². The van der Waals surface area contributed by atoms with Crippen molar-refractivity contribution in [2.45, 2.75) is 51.0 Å². The molecule has 0 saturated carbocycles. The number of para-hydroxylation sites is 1. The SMILES string of the molecule is CCOC(=O)C(CC1CCN(C(=O)Nc2ccc(Cl)c(Cl)c2)CC1)N1CCC(c2c[nH]c3ccccc23)CC1. The molecule has 2 aliphatic rings. The van der Waals surface area contributed by atoms with Crippen molar-refractivity contribution >= 4 is 51.8 Å². The zero-order valence-electron chi connectivity index (χ0n) is 22.3. The highest BCUT2D eigenvalue weighted by atomic mass is 35.5. The van der Waals surface area contributed by atoms with Gasteiger partial charge >= 0.3 is 12.0 Å². The van der Waals surface area contributed by atoms with Gasteiger partial charge in [0.2, 0.25) is 0 Å². The molecule has 0 spiro atoms. The Kier molecular flexibility index (Phi) is 9.00. The Hall–Kier alpha value is -2.74. The molecule has 7 nitrogen and oxygen atoms in total. The second kappa shape index (κ2) is 12.6. The van der Waals surface area contributed by atoms with E-state index in [4.69, 9.17) is 27.9 Å². The lowest BCUT2D eigenvalue weighted by atomic mass is 9.86. The molecule has 39 heavy (non-hydrogen) atoms. The number of aromatic amines is 1. The van der Waals surface area contributed by atoms with Gasteiger partial charge in [-0.05, 0) is 93.8 Å². The maximum absolute atomic E-state index is 13.1. The number of anilines is 1. The van der Waals surface area contributed by atoms with E-state index in [1.54, 1.807) is 18.2 Å². The molecular weight excluding hydrogens is 535 g/mol. The second-order valence-corrected chi connectivity index (χ2v) is 11.4. The molecule has 5 rings (SSSR count). The first-order chi connectivity index (χ1) is 18.9. The van der Waals surface area contributed by atoms with E-state index >= 15 is 0 Å². The normalized spacial score (nSPS) is 18.3. The zero-order valence-corrected chi connectivity index (χ0v) is 23.8. The molecular formula is C30H36Cl2N4O3. The lowest BCUT2D eigenvalue weighted by Gasteiger charge is -2.39. The van der Waals surface area contributed by atoms with Gasteiger partial charge in [-0.2, -0.15) is 0 Å². The Bertz CT molecular complexity index is 1300. The third-order valence-electron chi connectivity index (χ3n) is 8.22. The van der Waals surface area contributed by atoms with Gasteiger partial charge in [-0.25, -0.2) is 4.79 Å². The average molecular weight is 572 g/mol. The average Bonchev–Trinajstić information content (AvgIpc) is 3.38. The van der Waals surface area contributed by atoms with E-state index in [1.807, 2.05) is 11.8 Å². The quantitative estimate of drug-likeness (QED) is 0.302. The van der Waals surface area contributed by atoms with Crippen molar-refractivity contribution < 1.29 is 14.3 Å². The summed E-state index contributed by atoms with van der Waals surface area (Å²) in [4.78, 5) is 33.4. The summed E-state index contributed by atoms with van der Waals surface area (Å²) in [5.74, 6) is 0.722. The highest BCUT2D eigenvalue weighted by Crippen LogP contribution is 2.35. The Balaban J connectivity index is 1.16. The van der Waals surface area contributed by atoms with E-state index in [-0.39, 0.29) is 18.0 Å². The number of aromatic nitrogens is 1. The van der Waals surface area contributed by atoms with Gasteiger partial charge in [0.05, 0.1) is 16.7 Å². The van der Waals surface area contributed by atoms with Crippen LogP contribution >= 0.6 is 23.2 Å². The summed E-state index contributed by atoms with van der Waals surface area (Å²) >= 11 is 12.1. The molecule has 0 aliphatic carbocycles. The predicted molar refractivity (Wildman–Crippen MR) is 157 cm³/mol. The lowest BCUT2D eigenvalue weighted by molar-refractivity contribution is -0.151. The van der Waals surface area contributed by atoms with Crippen molar-refractivity contribution in [2.24, 2.45) is 5.92 Å². The van der Waals surface area contributed by atoms with Crippen LogP contribution in [0.3, 0.4) is 0 Å². The predicted octanol–water partition coefficient (Wildman–Crippen LogP) is 6.92. The highest BCUT2D eigenvalue weighted by molar-refractivity contribution is 6.42. The number of nitrogens with one attached hydrogen (secondary N) is 2. The van der Waals surface area contributed by atoms with E-state index in [9.17, 15) is 9.59 Å². The van der Waals surface area contributed by atoms with Gasteiger partial charge in [0.15, 0.2) is 0 Å². The number of carbonyl (C=O) groups excluding carboxylic acids is 2. The second-order valence-electron chi connectivity index (χ2n) is 10.6. The van der Waals surface area contributed by atoms with Gasteiger partial charge in [0.25, 0.3) is 0 Å². The number of rotatable bonds is 7. The molecule has 9 heteroatoms. The fraction of sp³-hybridized carbons (Fsp3) is 0.467. The topological polar surface area (TPSA) is 77.7 Å². The third-order valence-corrected chi connectivity index (χ3v) is 8.96. The fourth-order valence-electron chi connectivity index (χ4n) is 6.05. The zero-order chi connectivity index (χ0) is 27.4. The van der Waals surface area contributed by atoms with E-state index in [0.717, 1.165) is 45.2 Å². The molecule has 1 atom stereocenters. The third kappa shape index (κ3) is 6.53. The van der Waals surface area contributed by atoms with Crippen molar-refractivity contribution in [3.8, 4) is 0 Å². The summed E-state index contributed by atoms with van der Waals surface area (Å²) in [5, 5.41) is 5.07. The van der Waals surface area contributed by atoms with Crippen molar-refractivity contribution in [1.29, 1.82) is 0 Å². The number of hydrogen-bond acceptors (Lipinski definition) is 4. The number of likely N-dealkylation sites (tertiary alicyclic amines) is 2. The smallest absolute Gasteiger partial charge is 0.323 e. The number of halogens is 2. The molecule has 0 radical (unpaired) electrons. The number of nitrogens with zero attached hydrogens (tertiary/aromatic N) is 2. The van der Waals surface area contributed by atoms with E-state index in [0.29, 0.717) is 47.3 Å². The Morgan fingerprint density at radius 3 is 2.49 bits per heavy atom. The number of H-pyrrole nitrogens is 1. The minimum Gasteiger partial charge on any atom is -0.465 e. The van der Waals surface area contributed by atoms with Gasteiger partial charge in [-0.15, -0.1) is 0 Å². The molecule has 2 aliphatic heterocycles. The van der Waals surface area contributed by atoms with Crippen molar-refractivity contribution in [3.05, 3.63) is 64.3 Å². The Morgan fingerprint density at radius 2 is 1.77 bits per heavy atom. The molecule has 2 saturated heterocycles. The highest BCUT2D eigenvalue weighted by Gasteiger charge is 2.35. The number of amides is 2. The van der Waals surface area contributed by atoms with Crippen molar-refractivity contribution in [1.82, 2.24) is 14.8 Å². The van der Waals surface area contributed by atoms with Gasteiger partial charge in [-0.3, -0.25) is 9.69 Å². The van der Waals surface area contributed by atoms with Crippen molar-refractivity contribution in [2.75, 3.05) is 38.1 Å². The molecule has 2 aromatic carbocycles. The minimum atomic E-state index is -0.240. The number of urea groups is 1. The van der Waals surface area contributed by atoms with Gasteiger partial charge < -0.3 is 19.9 Å². The van der Waals surface area contributed by atoms with Crippen LogP contribution in [0, 0.1) is 5.92 Å². The van der Waals surface area contributed by atoms with Crippen LogP contribution in [0.1, 0.15) is 50.5 Å². The molecule has 3 heterocycles. The number of fused-ring (bicyclic) bond motifs is 1. The number of hydrogen-bond donors (Lipinski definition) is 2. The summed E-state index contributed by atoms with van der Waals surface area (Å²) in [7, 11) is 0. The van der Waals surface area contributed by atoms with Crippen LogP contribution in [-0.2, 0) is 9.53 Å². The molecule has 0 bridgehead atoms. The minimum absolute atomic E-state index is 0.122. The van der Waals surface area contributed by atoms with Gasteiger partial charge in [0, 0.05) is 35.9 Å². The first kappa shape index (κ1) is 27.8. The molecule has 2 fully saturated rings. The van der Waals surface area contributed by atoms with Crippen LogP contribution in [0.15, 0.2) is 48.7 Å². The van der Waals surface area contributed by atoms with Crippen LogP contribution in [0.2, 0.25) is 10.0 Å². The Morgan fingerprint density at radius 1 is 1.03 bits per heavy atom. The van der Waals surface area contributed by atoms with E-state index in [1.165, 1.54) is 16.5 Å². The molecule has 1 aromatic heterocycles. The number of esters is 1. The van der Waals surface area contributed by atoms with Crippen LogP contribution in [-0.4, -0.2) is 65.6 Å². The molecule has 1 unspecified atom stereocenters. The van der Waals surface area contributed by atoms with Crippen LogP contribution in [0.5, 0.6) is 0 Å². The van der Waals surface area contributed by atoms with Gasteiger partial charge in [-0.1, -0.05) is 41.4 Å². The summed E-state index contributed by atoms with van der Waals surface area (Å²) < 4.78 is 5.52. The molecule has 2 amide bonds. The number of ether oxygens (including phenoxy) is 1. The molecule has 208 valence electrons. The molecule has 3 aromatic rings. The monoisotopic (exact) mass is 570 g/mol.